The Balaban J connectivity index is 1.74. The molecule has 1 saturated heterocycles. The maximum atomic E-state index is 12.4. The highest BCUT2D eigenvalue weighted by atomic mass is 16.6. The molecule has 7 nitrogen and oxygen atoms in total. The van der Waals surface area contributed by atoms with Crippen molar-refractivity contribution in [3.05, 3.63) is 34.0 Å². The Bertz CT molecular complexity index is 846. The molecule has 0 unspecified atom stereocenters. The molecule has 0 aliphatic carbocycles. The lowest BCUT2D eigenvalue weighted by Gasteiger charge is -2.33. The average Bonchev–Trinajstić information content (AvgIpc) is 2.52. The van der Waals surface area contributed by atoms with Crippen LogP contribution in [0.3, 0.4) is 0 Å². The molecule has 1 aliphatic rings. The van der Waals surface area contributed by atoms with Gasteiger partial charge in [-0.2, -0.15) is 0 Å². The van der Waals surface area contributed by atoms with E-state index in [0.29, 0.717) is 24.6 Å². The number of hydrogen-bond acceptors (Lipinski definition) is 5. The second-order valence-electron chi connectivity index (χ2n) is 7.52. The zero-order chi connectivity index (χ0) is 18.2. The number of fused-ring (bicyclic) bond motifs is 1. The Kier molecular flexibility index (Phi) is 4.49. The first-order chi connectivity index (χ1) is 11.7. The molecule has 2 aromatic rings. The normalized spacial score (nSPS) is 16.2. The van der Waals surface area contributed by atoms with Crippen LogP contribution in [0.5, 0.6) is 0 Å². The van der Waals surface area contributed by atoms with Crippen molar-refractivity contribution in [1.82, 2.24) is 19.9 Å². The number of rotatable bonds is 1. The Morgan fingerprint density at radius 1 is 1.32 bits per heavy atom. The van der Waals surface area contributed by atoms with E-state index >= 15 is 0 Å². The minimum Gasteiger partial charge on any atom is -0.444 e. The second kappa shape index (κ2) is 6.46. The number of ether oxygens (including phenoxy) is 1. The molecule has 0 bridgehead atoms. The standard InChI is InChI=1S/C18H24N4O3/c1-11-19-10-13-9-14(16(23)21-15(13)20-11)12-5-7-22(8-6-12)17(24)25-18(2,3)4/h9-10,12H,5-8H2,1-4H3,(H,19,20,21,23). The zero-order valence-corrected chi connectivity index (χ0v) is 15.1. The van der Waals surface area contributed by atoms with Gasteiger partial charge in [0.25, 0.3) is 5.56 Å². The van der Waals surface area contributed by atoms with Crippen LogP contribution in [0, 0.1) is 6.92 Å². The molecule has 1 aliphatic heterocycles. The SMILES string of the molecule is Cc1ncc2cc(C3CCN(C(=O)OC(C)(C)C)CC3)c(=O)[nH]c2n1. The van der Waals surface area contributed by atoms with E-state index < -0.39 is 5.60 Å². The van der Waals surface area contributed by atoms with Crippen molar-refractivity contribution in [2.24, 2.45) is 0 Å². The van der Waals surface area contributed by atoms with Crippen molar-refractivity contribution in [2.45, 2.75) is 52.1 Å². The molecule has 0 radical (unpaired) electrons. The Morgan fingerprint density at radius 3 is 2.64 bits per heavy atom. The number of carbonyl (C=O) groups is 1. The molecule has 0 saturated carbocycles. The summed E-state index contributed by atoms with van der Waals surface area (Å²) >= 11 is 0. The summed E-state index contributed by atoms with van der Waals surface area (Å²) in [6.45, 7) is 8.53. The van der Waals surface area contributed by atoms with Crippen LogP contribution >= 0.6 is 0 Å². The van der Waals surface area contributed by atoms with E-state index in [-0.39, 0.29) is 17.6 Å². The number of nitrogens with one attached hydrogen (secondary N) is 1. The van der Waals surface area contributed by atoms with Gasteiger partial charge < -0.3 is 14.6 Å². The maximum Gasteiger partial charge on any atom is 0.410 e. The number of carbonyl (C=O) groups excluding carboxylic acids is 1. The van der Waals surface area contributed by atoms with Crippen molar-refractivity contribution in [3.8, 4) is 0 Å². The van der Waals surface area contributed by atoms with Gasteiger partial charge in [-0.15, -0.1) is 0 Å². The summed E-state index contributed by atoms with van der Waals surface area (Å²) in [5.74, 6) is 0.745. The van der Waals surface area contributed by atoms with E-state index in [4.69, 9.17) is 4.74 Å². The van der Waals surface area contributed by atoms with Gasteiger partial charge in [0.2, 0.25) is 0 Å². The summed E-state index contributed by atoms with van der Waals surface area (Å²) in [7, 11) is 0. The first-order valence-corrected chi connectivity index (χ1v) is 8.57. The predicted octanol–water partition coefficient (Wildman–Crippen LogP) is 2.74. The third-order valence-electron chi connectivity index (χ3n) is 4.33. The summed E-state index contributed by atoms with van der Waals surface area (Å²) in [6.07, 6.45) is 2.91. The van der Waals surface area contributed by atoms with Gasteiger partial charge in [0, 0.05) is 30.2 Å². The van der Waals surface area contributed by atoms with Gasteiger partial charge in [0.05, 0.1) is 0 Å². The molecule has 2 aromatic heterocycles. The summed E-state index contributed by atoms with van der Waals surface area (Å²) in [5.41, 5.74) is 0.694. The van der Waals surface area contributed by atoms with Gasteiger partial charge in [-0.05, 0) is 52.5 Å². The number of aromatic amines is 1. The van der Waals surface area contributed by atoms with Gasteiger partial charge in [0.1, 0.15) is 17.1 Å². The lowest BCUT2D eigenvalue weighted by atomic mass is 9.90. The molecule has 1 amide bonds. The highest BCUT2D eigenvalue weighted by Crippen LogP contribution is 2.27. The van der Waals surface area contributed by atoms with E-state index in [9.17, 15) is 9.59 Å². The number of amides is 1. The lowest BCUT2D eigenvalue weighted by molar-refractivity contribution is 0.0204. The molecule has 25 heavy (non-hydrogen) atoms. The number of aryl methyl sites for hydroxylation is 1. The third kappa shape index (κ3) is 3.97. The van der Waals surface area contributed by atoms with Crippen molar-refractivity contribution in [2.75, 3.05) is 13.1 Å². The Hall–Kier alpha value is -2.44. The molecular weight excluding hydrogens is 320 g/mol. The third-order valence-corrected chi connectivity index (χ3v) is 4.33. The maximum absolute atomic E-state index is 12.4. The molecule has 0 aromatic carbocycles. The number of nitrogens with zero attached hydrogens (tertiary/aromatic N) is 3. The lowest BCUT2D eigenvalue weighted by Crippen LogP contribution is -2.41. The van der Waals surface area contributed by atoms with Crippen molar-refractivity contribution < 1.29 is 9.53 Å². The first kappa shape index (κ1) is 17.4. The van der Waals surface area contributed by atoms with Crippen LogP contribution in [0.4, 0.5) is 4.79 Å². The Labute approximate surface area is 146 Å². The molecule has 3 heterocycles. The molecule has 0 spiro atoms. The highest BCUT2D eigenvalue weighted by molar-refractivity contribution is 5.74. The van der Waals surface area contributed by atoms with Crippen LogP contribution in [-0.2, 0) is 4.74 Å². The first-order valence-electron chi connectivity index (χ1n) is 8.57. The largest absolute Gasteiger partial charge is 0.444 e. The van der Waals surface area contributed by atoms with Crippen molar-refractivity contribution in [1.29, 1.82) is 0 Å². The van der Waals surface area contributed by atoms with Crippen LogP contribution in [0.15, 0.2) is 17.1 Å². The minimum atomic E-state index is -0.498. The predicted molar refractivity (Wildman–Crippen MR) is 94.7 cm³/mol. The van der Waals surface area contributed by atoms with E-state index in [0.717, 1.165) is 23.8 Å². The van der Waals surface area contributed by atoms with Crippen LogP contribution in [0.1, 0.15) is 50.9 Å². The van der Waals surface area contributed by atoms with Crippen LogP contribution in [0.25, 0.3) is 11.0 Å². The topological polar surface area (TPSA) is 88.2 Å². The molecule has 1 fully saturated rings. The number of likely N-dealkylation sites (tertiary alicyclic amines) is 1. The number of aromatic nitrogens is 3. The molecular formula is C18H24N4O3. The minimum absolute atomic E-state index is 0.110. The molecule has 7 heteroatoms. The fraction of sp³-hybridized carbons (Fsp3) is 0.556. The zero-order valence-electron chi connectivity index (χ0n) is 15.1. The second-order valence-corrected chi connectivity index (χ2v) is 7.52. The number of pyridine rings is 1. The van der Waals surface area contributed by atoms with Gasteiger partial charge in [-0.3, -0.25) is 4.79 Å². The van der Waals surface area contributed by atoms with Crippen LogP contribution in [0.2, 0.25) is 0 Å². The van der Waals surface area contributed by atoms with E-state index in [2.05, 4.69) is 15.0 Å². The average molecular weight is 344 g/mol. The van der Waals surface area contributed by atoms with E-state index in [1.807, 2.05) is 26.8 Å². The quantitative estimate of drug-likeness (QED) is 0.859. The molecule has 1 N–H and O–H groups in total. The van der Waals surface area contributed by atoms with Gasteiger partial charge >= 0.3 is 6.09 Å². The fourth-order valence-corrected chi connectivity index (χ4v) is 3.10. The van der Waals surface area contributed by atoms with Crippen molar-refractivity contribution in [3.63, 3.8) is 0 Å². The monoisotopic (exact) mass is 344 g/mol. The van der Waals surface area contributed by atoms with Crippen LogP contribution < -0.4 is 5.56 Å². The van der Waals surface area contributed by atoms with E-state index in [1.165, 1.54) is 0 Å². The summed E-state index contributed by atoms with van der Waals surface area (Å²) in [4.78, 5) is 37.6. The molecule has 0 atom stereocenters. The summed E-state index contributed by atoms with van der Waals surface area (Å²) < 4.78 is 5.41. The number of H-pyrrole nitrogens is 1. The van der Waals surface area contributed by atoms with Crippen LogP contribution in [-0.4, -0.2) is 44.6 Å². The molecule has 134 valence electrons. The highest BCUT2D eigenvalue weighted by Gasteiger charge is 2.28. The fourth-order valence-electron chi connectivity index (χ4n) is 3.10. The Morgan fingerprint density at radius 2 is 2.00 bits per heavy atom. The van der Waals surface area contributed by atoms with Gasteiger partial charge in [0.15, 0.2) is 0 Å². The number of hydrogen-bond donors (Lipinski definition) is 1. The van der Waals surface area contributed by atoms with Gasteiger partial charge in [-0.25, -0.2) is 14.8 Å². The van der Waals surface area contributed by atoms with Gasteiger partial charge in [-0.1, -0.05) is 0 Å². The number of piperidine rings is 1. The molecule has 3 rings (SSSR count). The van der Waals surface area contributed by atoms with E-state index in [1.54, 1.807) is 18.0 Å². The smallest absolute Gasteiger partial charge is 0.410 e. The van der Waals surface area contributed by atoms with Crippen molar-refractivity contribution >= 4 is 17.1 Å². The summed E-state index contributed by atoms with van der Waals surface area (Å²) in [6, 6.07) is 1.88. The summed E-state index contributed by atoms with van der Waals surface area (Å²) in [5, 5.41) is 0.828.